The zero-order valence-electron chi connectivity index (χ0n) is 22.1. The Morgan fingerprint density at radius 2 is 0.475 bits per heavy atom. The second-order valence-corrected chi connectivity index (χ2v) is 9.36. The summed E-state index contributed by atoms with van der Waals surface area (Å²) in [6.45, 7) is 0. The van der Waals surface area contributed by atoms with Crippen molar-refractivity contribution < 1.29 is 0 Å². The number of anilines is 6. The van der Waals surface area contributed by atoms with Crippen LogP contribution in [0, 0.1) is 11.8 Å². The van der Waals surface area contributed by atoms with Gasteiger partial charge in [-0.2, -0.15) is 0 Å². The minimum Gasteiger partial charge on any atom is -0.311 e. The monoisotopic (exact) mass is 512 g/mol. The van der Waals surface area contributed by atoms with Crippen molar-refractivity contribution in [3.63, 3.8) is 0 Å². The highest BCUT2D eigenvalue weighted by atomic mass is 15.1. The van der Waals surface area contributed by atoms with Crippen molar-refractivity contribution >= 4 is 34.1 Å². The maximum absolute atomic E-state index is 3.34. The first-order valence-electron chi connectivity index (χ1n) is 13.4. The molecule has 0 aliphatic carbocycles. The van der Waals surface area contributed by atoms with E-state index in [9.17, 15) is 0 Å². The van der Waals surface area contributed by atoms with Gasteiger partial charge in [0.25, 0.3) is 0 Å². The fourth-order valence-electron chi connectivity index (χ4n) is 4.73. The van der Waals surface area contributed by atoms with Crippen LogP contribution in [-0.4, -0.2) is 0 Å². The maximum atomic E-state index is 3.34. The second-order valence-electron chi connectivity index (χ2n) is 9.36. The average molecular weight is 513 g/mol. The Hall–Kier alpha value is -5.52. The fraction of sp³-hybridized carbons (Fsp3) is 0. The standard InChI is InChI=1S/C38H28N2/c1-5-13-33(14-6-1)39(34-15-7-2-8-16-34)37-27-23-31(24-28-37)21-22-32-25-29-38(30-26-32)40(35-17-9-3-10-18-35)36-19-11-4-12-20-36/h1-20,23-30H. The molecule has 0 fully saturated rings. The zero-order valence-corrected chi connectivity index (χ0v) is 22.1. The molecular formula is C38H28N2. The lowest BCUT2D eigenvalue weighted by Crippen LogP contribution is -2.09. The Bertz CT molecular complexity index is 1490. The summed E-state index contributed by atoms with van der Waals surface area (Å²) in [4.78, 5) is 4.50. The molecule has 0 bridgehead atoms. The number of hydrogen-bond acceptors (Lipinski definition) is 2. The molecule has 6 rings (SSSR count). The molecule has 6 aromatic carbocycles. The number of benzene rings is 6. The Kier molecular flexibility index (Phi) is 7.38. The topological polar surface area (TPSA) is 6.48 Å². The van der Waals surface area contributed by atoms with Gasteiger partial charge >= 0.3 is 0 Å². The highest BCUT2D eigenvalue weighted by Crippen LogP contribution is 2.35. The van der Waals surface area contributed by atoms with Crippen LogP contribution in [0.1, 0.15) is 11.1 Å². The van der Waals surface area contributed by atoms with E-state index in [1.54, 1.807) is 0 Å². The zero-order chi connectivity index (χ0) is 27.0. The fourth-order valence-corrected chi connectivity index (χ4v) is 4.73. The predicted octanol–water partition coefficient (Wildman–Crippen LogP) is 10.0. The second kappa shape index (κ2) is 11.9. The number of hydrogen-bond donors (Lipinski definition) is 0. The molecule has 0 saturated heterocycles. The molecule has 0 atom stereocenters. The van der Waals surface area contributed by atoms with Crippen LogP contribution < -0.4 is 9.80 Å². The van der Waals surface area contributed by atoms with Gasteiger partial charge in [0.05, 0.1) is 0 Å². The molecule has 0 spiro atoms. The Morgan fingerprint density at radius 3 is 0.725 bits per heavy atom. The summed E-state index contributed by atoms with van der Waals surface area (Å²) in [5.41, 5.74) is 8.61. The minimum atomic E-state index is 0.976. The molecule has 0 aromatic heterocycles. The van der Waals surface area contributed by atoms with Crippen LogP contribution in [0.2, 0.25) is 0 Å². The van der Waals surface area contributed by atoms with E-state index in [0.29, 0.717) is 0 Å². The number of rotatable bonds is 6. The van der Waals surface area contributed by atoms with Crippen LogP contribution in [0.3, 0.4) is 0 Å². The smallest absolute Gasteiger partial charge is 0.0462 e. The third-order valence-corrected chi connectivity index (χ3v) is 6.66. The first-order valence-corrected chi connectivity index (χ1v) is 13.4. The lowest BCUT2D eigenvalue weighted by molar-refractivity contribution is 1.28. The molecule has 190 valence electrons. The third kappa shape index (κ3) is 5.65. The first-order chi connectivity index (χ1) is 19.8. The van der Waals surface area contributed by atoms with Gasteiger partial charge in [0, 0.05) is 45.3 Å². The van der Waals surface area contributed by atoms with Crippen molar-refractivity contribution in [3.05, 3.63) is 181 Å². The number of para-hydroxylation sites is 4. The van der Waals surface area contributed by atoms with E-state index in [-0.39, 0.29) is 0 Å². The normalized spacial score (nSPS) is 10.3. The molecule has 0 aliphatic heterocycles. The van der Waals surface area contributed by atoms with Gasteiger partial charge in [0.15, 0.2) is 0 Å². The lowest BCUT2D eigenvalue weighted by Gasteiger charge is -2.25. The summed E-state index contributed by atoms with van der Waals surface area (Å²) in [5.74, 6) is 6.67. The minimum absolute atomic E-state index is 0.976. The highest BCUT2D eigenvalue weighted by Gasteiger charge is 2.12. The van der Waals surface area contributed by atoms with Gasteiger partial charge in [-0.15, -0.1) is 0 Å². The summed E-state index contributed by atoms with van der Waals surface area (Å²) < 4.78 is 0. The first kappa shape index (κ1) is 24.8. The van der Waals surface area contributed by atoms with Gasteiger partial charge in [0.1, 0.15) is 0 Å². The molecule has 0 radical (unpaired) electrons. The van der Waals surface area contributed by atoms with Crippen molar-refractivity contribution in [3.8, 4) is 11.8 Å². The van der Waals surface area contributed by atoms with E-state index in [1.165, 1.54) is 0 Å². The summed E-state index contributed by atoms with van der Waals surface area (Å²) >= 11 is 0. The largest absolute Gasteiger partial charge is 0.311 e. The SMILES string of the molecule is C(#Cc1ccc(N(c2ccccc2)c2ccccc2)cc1)c1ccc(N(c2ccccc2)c2ccccc2)cc1. The quantitative estimate of drug-likeness (QED) is 0.205. The van der Waals surface area contributed by atoms with Crippen molar-refractivity contribution in [2.45, 2.75) is 0 Å². The summed E-state index contributed by atoms with van der Waals surface area (Å²) in [6, 6.07) is 58.5. The van der Waals surface area contributed by atoms with Crippen LogP contribution >= 0.6 is 0 Å². The average Bonchev–Trinajstić information content (AvgIpc) is 3.04. The molecule has 2 heteroatoms. The van der Waals surface area contributed by atoms with Crippen molar-refractivity contribution in [2.75, 3.05) is 9.80 Å². The van der Waals surface area contributed by atoms with Crippen LogP contribution in [0.4, 0.5) is 34.1 Å². The molecule has 0 unspecified atom stereocenters. The Balaban J connectivity index is 1.24. The third-order valence-electron chi connectivity index (χ3n) is 6.66. The van der Waals surface area contributed by atoms with Crippen LogP contribution in [0.25, 0.3) is 0 Å². The molecule has 2 nitrogen and oxygen atoms in total. The van der Waals surface area contributed by atoms with Crippen LogP contribution in [0.5, 0.6) is 0 Å². The summed E-state index contributed by atoms with van der Waals surface area (Å²) in [5, 5.41) is 0. The summed E-state index contributed by atoms with van der Waals surface area (Å²) in [7, 11) is 0. The van der Waals surface area contributed by atoms with E-state index in [0.717, 1.165) is 45.3 Å². The highest BCUT2D eigenvalue weighted by molar-refractivity contribution is 5.78. The molecule has 0 amide bonds. The van der Waals surface area contributed by atoms with Gasteiger partial charge in [-0.3, -0.25) is 0 Å². The van der Waals surface area contributed by atoms with Crippen LogP contribution in [0.15, 0.2) is 170 Å². The molecule has 0 heterocycles. The molecular weight excluding hydrogens is 484 g/mol. The van der Waals surface area contributed by atoms with Gasteiger partial charge in [-0.25, -0.2) is 0 Å². The van der Waals surface area contributed by atoms with E-state index < -0.39 is 0 Å². The van der Waals surface area contributed by atoms with Gasteiger partial charge in [-0.1, -0.05) is 84.6 Å². The van der Waals surface area contributed by atoms with Crippen LogP contribution in [-0.2, 0) is 0 Å². The Morgan fingerprint density at radius 1 is 0.250 bits per heavy atom. The summed E-state index contributed by atoms with van der Waals surface area (Å²) in [6.07, 6.45) is 0. The van der Waals surface area contributed by atoms with Crippen molar-refractivity contribution in [1.82, 2.24) is 0 Å². The predicted molar refractivity (Wildman–Crippen MR) is 168 cm³/mol. The van der Waals surface area contributed by atoms with Gasteiger partial charge in [-0.05, 0) is 97.1 Å². The van der Waals surface area contributed by atoms with E-state index in [2.05, 4.69) is 167 Å². The van der Waals surface area contributed by atoms with E-state index >= 15 is 0 Å². The Labute approximate surface area is 236 Å². The maximum Gasteiger partial charge on any atom is 0.0462 e. The molecule has 40 heavy (non-hydrogen) atoms. The lowest BCUT2D eigenvalue weighted by atomic mass is 10.1. The van der Waals surface area contributed by atoms with E-state index in [4.69, 9.17) is 0 Å². The molecule has 0 saturated carbocycles. The van der Waals surface area contributed by atoms with Crippen molar-refractivity contribution in [1.29, 1.82) is 0 Å². The van der Waals surface area contributed by atoms with E-state index in [1.807, 2.05) is 24.3 Å². The molecule has 0 N–H and O–H groups in total. The molecule has 0 aliphatic rings. The van der Waals surface area contributed by atoms with Gasteiger partial charge < -0.3 is 9.80 Å². The van der Waals surface area contributed by atoms with Crippen molar-refractivity contribution in [2.24, 2.45) is 0 Å². The van der Waals surface area contributed by atoms with Gasteiger partial charge in [0.2, 0.25) is 0 Å². The number of nitrogens with zero attached hydrogens (tertiary/aromatic N) is 2. The molecule has 6 aromatic rings.